The Kier molecular flexibility index (Phi) is 3.23. The summed E-state index contributed by atoms with van der Waals surface area (Å²) in [4.78, 5) is 0. The van der Waals surface area contributed by atoms with Gasteiger partial charge in [-0.25, -0.2) is 0 Å². The minimum atomic E-state index is 0.459. The molecule has 0 radical (unpaired) electrons. The van der Waals surface area contributed by atoms with Crippen molar-refractivity contribution >= 4 is 0 Å². The zero-order chi connectivity index (χ0) is 13.6. The maximum atomic E-state index is 2.54. The van der Waals surface area contributed by atoms with Crippen LogP contribution in [0.25, 0.3) is 0 Å². The zero-order valence-corrected chi connectivity index (χ0v) is 13.0. The van der Waals surface area contributed by atoms with E-state index in [1.165, 1.54) is 37.7 Å². The summed E-state index contributed by atoms with van der Waals surface area (Å²) in [6, 6.07) is 7.35. The van der Waals surface area contributed by atoms with E-state index in [1.54, 1.807) is 11.1 Å². The minimum Gasteiger partial charge on any atom is -0.0622 e. The molecule has 3 rings (SSSR count). The van der Waals surface area contributed by atoms with Crippen LogP contribution in [0.4, 0.5) is 0 Å². The first-order valence-corrected chi connectivity index (χ1v) is 8.15. The Balaban J connectivity index is 2.04. The molecule has 0 heteroatoms. The Morgan fingerprint density at radius 2 is 2.00 bits per heavy atom. The smallest absolute Gasteiger partial charge is 0.00417 e. The molecule has 1 saturated carbocycles. The van der Waals surface area contributed by atoms with Crippen LogP contribution in [-0.4, -0.2) is 0 Å². The summed E-state index contributed by atoms with van der Waals surface area (Å²) in [5.74, 6) is 2.48. The van der Waals surface area contributed by atoms with Gasteiger partial charge in [0.05, 0.1) is 0 Å². The van der Waals surface area contributed by atoms with Crippen molar-refractivity contribution < 1.29 is 0 Å². The molecule has 0 nitrogen and oxygen atoms in total. The Morgan fingerprint density at radius 3 is 2.74 bits per heavy atom. The van der Waals surface area contributed by atoms with Gasteiger partial charge in [-0.3, -0.25) is 0 Å². The Labute approximate surface area is 118 Å². The quantitative estimate of drug-likeness (QED) is 0.626. The van der Waals surface area contributed by atoms with E-state index in [0.717, 1.165) is 11.8 Å². The second-order valence-corrected chi connectivity index (χ2v) is 7.50. The van der Waals surface area contributed by atoms with E-state index in [9.17, 15) is 0 Å². The molecule has 0 bridgehead atoms. The van der Waals surface area contributed by atoms with Crippen LogP contribution < -0.4 is 0 Å². The highest BCUT2D eigenvalue weighted by Crippen LogP contribution is 2.52. The maximum Gasteiger partial charge on any atom is -0.00417 e. The summed E-state index contributed by atoms with van der Waals surface area (Å²) in [6.07, 6.45) is 6.97. The average molecular weight is 256 g/mol. The van der Waals surface area contributed by atoms with Gasteiger partial charge < -0.3 is 0 Å². The van der Waals surface area contributed by atoms with Crippen LogP contribution in [0.15, 0.2) is 18.2 Å². The monoisotopic (exact) mass is 256 g/mol. The third-order valence-corrected chi connectivity index (χ3v) is 6.00. The first-order valence-electron chi connectivity index (χ1n) is 8.15. The summed E-state index contributed by atoms with van der Waals surface area (Å²) in [5.41, 5.74) is 5.31. The maximum absolute atomic E-state index is 2.54. The van der Waals surface area contributed by atoms with Gasteiger partial charge in [0.15, 0.2) is 0 Å². The predicted molar refractivity (Wildman–Crippen MR) is 82.7 cm³/mol. The number of aryl methyl sites for hydroxylation is 1. The van der Waals surface area contributed by atoms with Crippen molar-refractivity contribution in [1.29, 1.82) is 0 Å². The molecule has 3 atom stereocenters. The number of benzene rings is 1. The number of hydrogen-bond acceptors (Lipinski definition) is 0. The van der Waals surface area contributed by atoms with E-state index in [2.05, 4.69) is 45.9 Å². The van der Waals surface area contributed by atoms with Crippen LogP contribution >= 0.6 is 0 Å². The third kappa shape index (κ3) is 2.04. The van der Waals surface area contributed by atoms with Crippen LogP contribution in [0.2, 0.25) is 0 Å². The second kappa shape index (κ2) is 4.65. The number of rotatable bonds is 1. The first-order chi connectivity index (χ1) is 9.02. The van der Waals surface area contributed by atoms with Crippen LogP contribution in [-0.2, 0) is 11.8 Å². The summed E-state index contributed by atoms with van der Waals surface area (Å²) in [6.45, 7) is 9.63. The molecule has 2 aliphatic rings. The summed E-state index contributed by atoms with van der Waals surface area (Å²) in [7, 11) is 0. The molecule has 0 N–H and O–H groups in total. The van der Waals surface area contributed by atoms with Gasteiger partial charge in [0.25, 0.3) is 0 Å². The molecule has 0 aliphatic heterocycles. The van der Waals surface area contributed by atoms with Crippen molar-refractivity contribution in [3.8, 4) is 0 Å². The molecule has 1 fully saturated rings. The van der Waals surface area contributed by atoms with Gasteiger partial charge in [0.1, 0.15) is 0 Å². The van der Waals surface area contributed by atoms with E-state index in [1.807, 2.05) is 0 Å². The number of hydrogen-bond donors (Lipinski definition) is 0. The SMILES string of the molecule is CC(C)c1ccc2c(c1)CC[C@H]1[C@@H](C)CCC[C@]21C. The normalized spacial score (nSPS) is 33.9. The van der Waals surface area contributed by atoms with Gasteiger partial charge in [-0.05, 0) is 59.1 Å². The molecule has 0 heterocycles. The van der Waals surface area contributed by atoms with Gasteiger partial charge in [-0.1, -0.05) is 58.7 Å². The Morgan fingerprint density at radius 1 is 1.21 bits per heavy atom. The molecule has 0 saturated heterocycles. The molecule has 0 unspecified atom stereocenters. The molecule has 1 aromatic rings. The van der Waals surface area contributed by atoms with Gasteiger partial charge in [0.2, 0.25) is 0 Å². The molecular weight excluding hydrogens is 228 g/mol. The van der Waals surface area contributed by atoms with E-state index >= 15 is 0 Å². The van der Waals surface area contributed by atoms with Gasteiger partial charge >= 0.3 is 0 Å². The lowest BCUT2D eigenvalue weighted by Crippen LogP contribution is -2.43. The molecule has 2 aliphatic carbocycles. The van der Waals surface area contributed by atoms with Crippen molar-refractivity contribution in [3.05, 3.63) is 34.9 Å². The van der Waals surface area contributed by atoms with Crippen molar-refractivity contribution in [2.75, 3.05) is 0 Å². The van der Waals surface area contributed by atoms with Crippen molar-refractivity contribution in [3.63, 3.8) is 0 Å². The average Bonchev–Trinajstić information content (AvgIpc) is 2.38. The minimum absolute atomic E-state index is 0.459. The molecular formula is C19H28. The standard InChI is InChI=1S/C19H28/c1-13(2)15-7-10-18-16(12-15)8-9-17-14(3)6-5-11-19(17,18)4/h7,10,12-14,17H,5-6,8-9,11H2,1-4H3/t14-,17-,19-/m0/s1. The van der Waals surface area contributed by atoms with Crippen LogP contribution in [0.3, 0.4) is 0 Å². The molecule has 104 valence electrons. The lowest BCUT2D eigenvalue weighted by Gasteiger charge is -2.49. The second-order valence-electron chi connectivity index (χ2n) is 7.50. The Hall–Kier alpha value is -0.780. The molecule has 0 amide bonds. The van der Waals surface area contributed by atoms with E-state index in [4.69, 9.17) is 0 Å². The molecule has 0 aromatic heterocycles. The highest BCUT2D eigenvalue weighted by atomic mass is 14.5. The van der Waals surface area contributed by atoms with Gasteiger partial charge in [-0.2, -0.15) is 0 Å². The highest BCUT2D eigenvalue weighted by Gasteiger charge is 2.44. The topological polar surface area (TPSA) is 0 Å². The fourth-order valence-electron chi connectivity index (χ4n) is 4.79. The van der Waals surface area contributed by atoms with Gasteiger partial charge in [-0.15, -0.1) is 0 Å². The van der Waals surface area contributed by atoms with E-state index < -0.39 is 0 Å². The molecule has 19 heavy (non-hydrogen) atoms. The largest absolute Gasteiger partial charge is 0.0622 e. The molecule has 0 spiro atoms. The van der Waals surface area contributed by atoms with Gasteiger partial charge in [0, 0.05) is 0 Å². The first kappa shape index (κ1) is 13.2. The fraction of sp³-hybridized carbons (Fsp3) is 0.684. The molecule has 1 aromatic carbocycles. The van der Waals surface area contributed by atoms with E-state index in [0.29, 0.717) is 11.3 Å². The predicted octanol–water partition coefficient (Wildman–Crippen LogP) is 5.45. The third-order valence-electron chi connectivity index (χ3n) is 6.00. The fourth-order valence-corrected chi connectivity index (χ4v) is 4.79. The van der Waals surface area contributed by atoms with E-state index in [-0.39, 0.29) is 0 Å². The van der Waals surface area contributed by atoms with Crippen molar-refractivity contribution in [2.24, 2.45) is 11.8 Å². The lowest BCUT2D eigenvalue weighted by molar-refractivity contribution is 0.118. The summed E-state index contributed by atoms with van der Waals surface area (Å²) in [5, 5.41) is 0. The number of fused-ring (bicyclic) bond motifs is 3. The van der Waals surface area contributed by atoms with Crippen molar-refractivity contribution in [2.45, 2.75) is 71.1 Å². The Bertz CT molecular complexity index is 471. The lowest BCUT2D eigenvalue weighted by atomic mass is 9.55. The zero-order valence-electron chi connectivity index (χ0n) is 13.0. The van der Waals surface area contributed by atoms with Crippen LogP contribution in [0.5, 0.6) is 0 Å². The summed E-state index contributed by atoms with van der Waals surface area (Å²) < 4.78 is 0. The van der Waals surface area contributed by atoms with Crippen LogP contribution in [0.1, 0.15) is 76.0 Å². The van der Waals surface area contributed by atoms with Crippen molar-refractivity contribution in [1.82, 2.24) is 0 Å². The highest BCUT2D eigenvalue weighted by molar-refractivity contribution is 5.41. The summed E-state index contributed by atoms with van der Waals surface area (Å²) >= 11 is 0. The van der Waals surface area contributed by atoms with Crippen LogP contribution in [0, 0.1) is 11.8 Å².